The SMILES string of the molecule is COc1ccc(OC)c(/C=C/C(=O)NC(Cc2ccc([N+](=O)[O-])cc2)C(=O)Nc2ccc(C(=O)NO)cc2)c1. The van der Waals surface area contributed by atoms with Gasteiger partial charge in [0.1, 0.15) is 17.5 Å². The zero-order chi connectivity index (χ0) is 28.4. The number of nitrogens with zero attached hydrogens (tertiary/aromatic N) is 1. The van der Waals surface area contributed by atoms with Crippen LogP contribution in [-0.2, 0) is 16.0 Å². The number of rotatable bonds is 11. The quantitative estimate of drug-likeness (QED) is 0.126. The van der Waals surface area contributed by atoms with Crippen LogP contribution < -0.4 is 25.6 Å². The van der Waals surface area contributed by atoms with Crippen molar-refractivity contribution in [2.45, 2.75) is 12.5 Å². The second-order valence-corrected chi connectivity index (χ2v) is 8.14. The molecule has 3 aromatic carbocycles. The zero-order valence-electron chi connectivity index (χ0n) is 21.0. The van der Waals surface area contributed by atoms with Crippen LogP contribution in [0, 0.1) is 10.1 Å². The summed E-state index contributed by atoms with van der Waals surface area (Å²) in [7, 11) is 3.00. The van der Waals surface area contributed by atoms with E-state index in [1.165, 1.54) is 80.4 Å². The number of hydroxylamine groups is 1. The first kappa shape index (κ1) is 28.3. The number of benzene rings is 3. The van der Waals surface area contributed by atoms with Gasteiger partial charge in [-0.2, -0.15) is 0 Å². The number of carbonyl (C=O) groups is 3. The van der Waals surface area contributed by atoms with Crippen molar-refractivity contribution in [3.63, 3.8) is 0 Å². The van der Waals surface area contributed by atoms with Crippen LogP contribution in [0.25, 0.3) is 6.08 Å². The molecule has 202 valence electrons. The van der Waals surface area contributed by atoms with Gasteiger partial charge in [-0.05, 0) is 54.1 Å². The van der Waals surface area contributed by atoms with Crippen LogP contribution in [0.2, 0.25) is 0 Å². The molecule has 3 amide bonds. The highest BCUT2D eigenvalue weighted by molar-refractivity contribution is 6.01. The smallest absolute Gasteiger partial charge is 0.274 e. The molecule has 39 heavy (non-hydrogen) atoms. The predicted octanol–water partition coefficient (Wildman–Crippen LogP) is 3.11. The van der Waals surface area contributed by atoms with Crippen LogP contribution in [0.1, 0.15) is 21.5 Å². The topological polar surface area (TPSA) is 169 Å². The molecular formula is C27H26N4O8. The van der Waals surface area contributed by atoms with E-state index in [4.69, 9.17) is 14.7 Å². The summed E-state index contributed by atoms with van der Waals surface area (Å²) >= 11 is 0. The first-order valence-corrected chi connectivity index (χ1v) is 11.5. The van der Waals surface area contributed by atoms with E-state index < -0.39 is 28.7 Å². The van der Waals surface area contributed by atoms with E-state index in [9.17, 15) is 24.5 Å². The Balaban J connectivity index is 1.80. The molecule has 0 saturated heterocycles. The molecule has 12 heteroatoms. The molecule has 4 N–H and O–H groups in total. The van der Waals surface area contributed by atoms with Gasteiger partial charge in [0.2, 0.25) is 11.8 Å². The van der Waals surface area contributed by atoms with Gasteiger partial charge in [0.05, 0.1) is 19.1 Å². The summed E-state index contributed by atoms with van der Waals surface area (Å²) in [6.45, 7) is 0. The Kier molecular flexibility index (Phi) is 9.70. The van der Waals surface area contributed by atoms with E-state index in [2.05, 4.69) is 10.6 Å². The van der Waals surface area contributed by atoms with Crippen molar-refractivity contribution < 1.29 is 34.0 Å². The predicted molar refractivity (Wildman–Crippen MR) is 142 cm³/mol. The number of hydrogen-bond donors (Lipinski definition) is 4. The molecule has 0 radical (unpaired) electrons. The van der Waals surface area contributed by atoms with Crippen LogP contribution in [0.3, 0.4) is 0 Å². The van der Waals surface area contributed by atoms with Crippen LogP contribution in [0.5, 0.6) is 11.5 Å². The number of nitro benzene ring substituents is 1. The van der Waals surface area contributed by atoms with Crippen molar-refractivity contribution in [2.24, 2.45) is 0 Å². The van der Waals surface area contributed by atoms with E-state index in [-0.39, 0.29) is 17.7 Å². The molecule has 1 atom stereocenters. The molecule has 0 saturated carbocycles. The highest BCUT2D eigenvalue weighted by Crippen LogP contribution is 2.25. The molecule has 0 fully saturated rings. The lowest BCUT2D eigenvalue weighted by Gasteiger charge is -2.18. The fraction of sp³-hybridized carbons (Fsp3) is 0.148. The van der Waals surface area contributed by atoms with Crippen molar-refractivity contribution in [2.75, 3.05) is 19.5 Å². The average Bonchev–Trinajstić information content (AvgIpc) is 2.95. The van der Waals surface area contributed by atoms with Crippen molar-refractivity contribution in [3.8, 4) is 11.5 Å². The summed E-state index contributed by atoms with van der Waals surface area (Å²) in [6, 6.07) is 15.4. The zero-order valence-corrected chi connectivity index (χ0v) is 21.0. The number of non-ortho nitro benzene ring substituents is 1. The number of carbonyl (C=O) groups excluding carboxylic acids is 3. The Morgan fingerprint density at radius 2 is 1.69 bits per heavy atom. The number of ether oxygens (including phenoxy) is 2. The molecule has 0 heterocycles. The maximum Gasteiger partial charge on any atom is 0.274 e. The first-order valence-electron chi connectivity index (χ1n) is 11.5. The third-order valence-corrected chi connectivity index (χ3v) is 5.59. The van der Waals surface area contributed by atoms with E-state index in [0.29, 0.717) is 28.3 Å². The molecule has 0 bridgehead atoms. The lowest BCUT2D eigenvalue weighted by atomic mass is 10.0. The maximum absolute atomic E-state index is 13.1. The molecule has 0 aliphatic carbocycles. The average molecular weight is 535 g/mol. The summed E-state index contributed by atoms with van der Waals surface area (Å²) in [5, 5.41) is 25.1. The van der Waals surface area contributed by atoms with Crippen molar-refractivity contribution in [1.29, 1.82) is 0 Å². The Morgan fingerprint density at radius 1 is 1.00 bits per heavy atom. The van der Waals surface area contributed by atoms with Gasteiger partial charge in [-0.15, -0.1) is 0 Å². The Hall–Kier alpha value is -5.23. The Labute approximate surface area is 223 Å². The molecule has 0 spiro atoms. The molecule has 1 unspecified atom stereocenters. The number of hydrogen-bond acceptors (Lipinski definition) is 8. The number of nitrogens with one attached hydrogen (secondary N) is 3. The van der Waals surface area contributed by atoms with Gasteiger partial charge in [0, 0.05) is 41.4 Å². The highest BCUT2D eigenvalue weighted by Gasteiger charge is 2.21. The number of amides is 3. The minimum atomic E-state index is -1.06. The summed E-state index contributed by atoms with van der Waals surface area (Å²) in [6.07, 6.45) is 2.80. The van der Waals surface area contributed by atoms with E-state index in [1.54, 1.807) is 18.2 Å². The van der Waals surface area contributed by atoms with Crippen LogP contribution >= 0.6 is 0 Å². The summed E-state index contributed by atoms with van der Waals surface area (Å²) in [4.78, 5) is 47.9. The molecule has 0 aliphatic rings. The molecule has 0 aliphatic heterocycles. The van der Waals surface area contributed by atoms with E-state index in [0.717, 1.165) is 0 Å². The summed E-state index contributed by atoms with van der Waals surface area (Å²) in [5.41, 5.74) is 3.08. The number of methoxy groups -OCH3 is 2. The minimum Gasteiger partial charge on any atom is -0.497 e. The first-order chi connectivity index (χ1) is 18.7. The highest BCUT2D eigenvalue weighted by atomic mass is 16.6. The van der Waals surface area contributed by atoms with Gasteiger partial charge in [0.25, 0.3) is 11.6 Å². The van der Waals surface area contributed by atoms with E-state index in [1.807, 2.05) is 0 Å². The third kappa shape index (κ3) is 7.87. The van der Waals surface area contributed by atoms with Crippen LogP contribution in [0.4, 0.5) is 11.4 Å². The second-order valence-electron chi connectivity index (χ2n) is 8.14. The van der Waals surface area contributed by atoms with E-state index >= 15 is 0 Å². The Bertz CT molecular complexity index is 1370. The van der Waals surface area contributed by atoms with Crippen LogP contribution in [0.15, 0.2) is 72.8 Å². The normalized spacial score (nSPS) is 11.4. The van der Waals surface area contributed by atoms with Gasteiger partial charge in [-0.1, -0.05) is 12.1 Å². The molecular weight excluding hydrogens is 508 g/mol. The van der Waals surface area contributed by atoms with Crippen molar-refractivity contribution in [3.05, 3.63) is 99.6 Å². The fourth-order valence-electron chi connectivity index (χ4n) is 3.55. The number of nitro groups is 1. The molecule has 12 nitrogen and oxygen atoms in total. The largest absolute Gasteiger partial charge is 0.497 e. The molecule has 3 rings (SSSR count). The summed E-state index contributed by atoms with van der Waals surface area (Å²) < 4.78 is 10.5. The standard InChI is InChI=1S/C27H26N4O8/c1-38-22-12-13-24(39-2)19(16-22)7-14-25(32)29-23(15-17-3-10-21(11-4-17)31(36)37)27(34)28-20-8-5-18(6-9-20)26(33)30-35/h3-14,16,23,35H,15H2,1-2H3,(H,28,34)(H,29,32)(H,30,33)/b14-7+. The number of anilines is 1. The van der Waals surface area contributed by atoms with Crippen molar-refractivity contribution in [1.82, 2.24) is 10.8 Å². The van der Waals surface area contributed by atoms with Crippen LogP contribution in [-0.4, -0.2) is 48.1 Å². The Morgan fingerprint density at radius 3 is 2.28 bits per heavy atom. The lowest BCUT2D eigenvalue weighted by Crippen LogP contribution is -2.44. The van der Waals surface area contributed by atoms with Gasteiger partial charge in [-0.3, -0.25) is 29.7 Å². The van der Waals surface area contributed by atoms with Gasteiger partial charge in [-0.25, -0.2) is 5.48 Å². The fourth-order valence-corrected chi connectivity index (χ4v) is 3.55. The van der Waals surface area contributed by atoms with Crippen molar-refractivity contribution >= 4 is 35.2 Å². The minimum absolute atomic E-state index is 0.0386. The second kappa shape index (κ2) is 13.4. The van der Waals surface area contributed by atoms with Gasteiger partial charge in [0.15, 0.2) is 0 Å². The summed E-state index contributed by atoms with van der Waals surface area (Å²) in [5.74, 6) is -0.770. The lowest BCUT2D eigenvalue weighted by molar-refractivity contribution is -0.384. The third-order valence-electron chi connectivity index (χ3n) is 5.59. The maximum atomic E-state index is 13.1. The van der Waals surface area contributed by atoms with Gasteiger partial charge >= 0.3 is 0 Å². The molecule has 3 aromatic rings. The van der Waals surface area contributed by atoms with Gasteiger partial charge < -0.3 is 20.1 Å². The molecule has 0 aromatic heterocycles. The monoisotopic (exact) mass is 534 g/mol.